The van der Waals surface area contributed by atoms with Crippen LogP contribution < -0.4 is 10.2 Å². The summed E-state index contributed by atoms with van der Waals surface area (Å²) in [5, 5.41) is 41.8. The summed E-state index contributed by atoms with van der Waals surface area (Å²) >= 11 is 0. The molecule has 0 heterocycles. The van der Waals surface area contributed by atoms with Crippen LogP contribution in [0.15, 0.2) is 24.3 Å². The van der Waals surface area contributed by atoms with Crippen molar-refractivity contribution in [2.75, 3.05) is 0 Å². The van der Waals surface area contributed by atoms with E-state index >= 15 is 0 Å². The van der Waals surface area contributed by atoms with Gasteiger partial charge >= 0.3 is 48.9 Å². The molecule has 0 aromatic heterocycles. The van der Waals surface area contributed by atoms with Crippen LogP contribution in [-0.2, 0) is 12.8 Å². The summed E-state index contributed by atoms with van der Waals surface area (Å²) in [6, 6.07) is 6.57. The number of aryl methyl sites for hydroxylation is 2. The Kier molecular flexibility index (Phi) is 27.5. The fourth-order valence-corrected chi connectivity index (χ4v) is 6.10. The summed E-state index contributed by atoms with van der Waals surface area (Å²) in [5.74, 6) is -2.34. The third-order valence-corrected chi connectivity index (χ3v) is 9.05. The number of carbonyl (C=O) groups is 2. The number of carbonyl (C=O) groups excluding carboxylic acids is 2. The third-order valence-electron chi connectivity index (χ3n) is 9.05. The summed E-state index contributed by atoms with van der Waals surface area (Å²) in [6.07, 6.45) is 26.7. The minimum absolute atomic E-state index is 0. The molecular formula is C40H62BaO6. The number of hydrogen-bond donors (Lipinski definition) is 2. The molecule has 0 spiro atoms. The molecule has 7 heteroatoms. The standard InChI is InChI=1S/2C20H32O3.Ba/c2*1-3-4-5-6-7-8-9-10-11-12-13-17-14-15-18(21)16(2)19(17)20(22)23;/h2*14-15,21H,3-13H2,1-2H3,(H,22,23);/q;;+2/p-2. The van der Waals surface area contributed by atoms with Crippen LogP contribution in [0.2, 0.25) is 0 Å². The first-order valence-electron chi connectivity index (χ1n) is 18.2. The topological polar surface area (TPSA) is 121 Å². The van der Waals surface area contributed by atoms with Gasteiger partial charge in [0.25, 0.3) is 0 Å². The second-order valence-electron chi connectivity index (χ2n) is 12.9. The fourth-order valence-electron chi connectivity index (χ4n) is 6.10. The van der Waals surface area contributed by atoms with Crippen molar-refractivity contribution in [1.82, 2.24) is 0 Å². The van der Waals surface area contributed by atoms with Gasteiger partial charge in [-0.15, -0.1) is 0 Å². The van der Waals surface area contributed by atoms with E-state index in [1.54, 1.807) is 38.1 Å². The van der Waals surface area contributed by atoms with Crippen molar-refractivity contribution in [3.63, 3.8) is 0 Å². The average molecular weight is 776 g/mol. The molecule has 0 atom stereocenters. The molecule has 0 saturated heterocycles. The van der Waals surface area contributed by atoms with Crippen LogP contribution in [0.1, 0.15) is 185 Å². The minimum Gasteiger partial charge on any atom is -0.545 e. The monoisotopic (exact) mass is 776 g/mol. The Morgan fingerprint density at radius 1 is 0.489 bits per heavy atom. The molecule has 2 aromatic rings. The summed E-state index contributed by atoms with van der Waals surface area (Å²) in [5.41, 5.74) is 2.71. The molecular weight excluding hydrogens is 714 g/mol. The number of phenolic OH excluding ortho intramolecular Hbond substituents is 2. The van der Waals surface area contributed by atoms with E-state index in [0.717, 1.165) is 49.7 Å². The maximum atomic E-state index is 11.3. The number of benzene rings is 2. The zero-order chi connectivity index (χ0) is 34.2. The van der Waals surface area contributed by atoms with Gasteiger partial charge in [-0.3, -0.25) is 0 Å². The predicted molar refractivity (Wildman–Crippen MR) is 191 cm³/mol. The van der Waals surface area contributed by atoms with Crippen molar-refractivity contribution < 1.29 is 30.0 Å². The number of carboxylic acid groups (broad SMARTS) is 2. The quantitative estimate of drug-likeness (QED) is 0.0814. The molecule has 2 rings (SSSR count). The number of aromatic carboxylic acids is 2. The first kappa shape index (κ1) is 45.6. The van der Waals surface area contributed by atoms with Crippen LogP contribution >= 0.6 is 0 Å². The van der Waals surface area contributed by atoms with Gasteiger partial charge in [-0.25, -0.2) is 0 Å². The van der Waals surface area contributed by atoms with Gasteiger partial charge in [0.15, 0.2) is 0 Å². The zero-order valence-corrected chi connectivity index (χ0v) is 34.5. The summed E-state index contributed by atoms with van der Waals surface area (Å²) in [7, 11) is 0. The predicted octanol–water partition coefficient (Wildman–Crippen LogP) is 8.67. The van der Waals surface area contributed by atoms with Crippen molar-refractivity contribution >= 4 is 60.8 Å². The van der Waals surface area contributed by atoms with E-state index in [0.29, 0.717) is 11.1 Å². The molecule has 0 fully saturated rings. The number of hydrogen-bond acceptors (Lipinski definition) is 6. The molecule has 0 aliphatic heterocycles. The second-order valence-corrected chi connectivity index (χ2v) is 12.9. The van der Waals surface area contributed by atoms with Crippen LogP contribution in [0.5, 0.6) is 11.5 Å². The van der Waals surface area contributed by atoms with Crippen molar-refractivity contribution in [3.8, 4) is 11.5 Å². The Bertz CT molecular complexity index is 1060. The van der Waals surface area contributed by atoms with Crippen LogP contribution in [0.25, 0.3) is 0 Å². The van der Waals surface area contributed by atoms with Gasteiger partial charge in [-0.2, -0.15) is 0 Å². The summed E-state index contributed by atoms with van der Waals surface area (Å²) in [6.45, 7) is 7.73. The number of rotatable bonds is 24. The fraction of sp³-hybridized carbons (Fsp3) is 0.650. The third kappa shape index (κ3) is 19.4. The van der Waals surface area contributed by atoms with Gasteiger partial charge in [0, 0.05) is 22.3 Å². The Balaban J connectivity index is 0.000000882. The Morgan fingerprint density at radius 2 is 0.745 bits per heavy atom. The molecule has 0 unspecified atom stereocenters. The molecule has 0 bridgehead atoms. The largest absolute Gasteiger partial charge is 2.00 e. The molecule has 0 aliphatic carbocycles. The van der Waals surface area contributed by atoms with Crippen molar-refractivity contribution in [1.29, 1.82) is 0 Å². The number of phenols is 2. The van der Waals surface area contributed by atoms with Gasteiger partial charge in [0.05, 0.1) is 11.9 Å². The minimum atomic E-state index is -1.19. The van der Waals surface area contributed by atoms with Crippen molar-refractivity contribution in [3.05, 3.63) is 57.6 Å². The average Bonchev–Trinajstić information content (AvgIpc) is 3.02. The van der Waals surface area contributed by atoms with E-state index < -0.39 is 11.9 Å². The van der Waals surface area contributed by atoms with Gasteiger partial charge in [0.2, 0.25) is 0 Å². The first-order valence-corrected chi connectivity index (χ1v) is 18.2. The maximum absolute atomic E-state index is 11.3. The van der Waals surface area contributed by atoms with Gasteiger partial charge in [-0.05, 0) is 62.8 Å². The molecule has 2 aromatic carbocycles. The normalized spacial score (nSPS) is 10.6. The SMILES string of the molecule is CCCCCCCCCCCCc1ccc(O)c(C)c1C(=O)[O-].CCCCCCCCCCCCc1ccc(O)c(C)c1C(=O)[O-].[Ba+2]. The Hall–Kier alpha value is -1.45. The number of carboxylic acids is 2. The molecule has 0 amide bonds. The second kappa shape index (κ2) is 28.4. The van der Waals surface area contributed by atoms with E-state index in [-0.39, 0.29) is 71.5 Å². The van der Waals surface area contributed by atoms with Crippen molar-refractivity contribution in [2.24, 2.45) is 0 Å². The first-order chi connectivity index (χ1) is 22.1. The molecule has 0 saturated carbocycles. The molecule has 0 aliphatic rings. The van der Waals surface area contributed by atoms with Gasteiger partial charge in [-0.1, -0.05) is 142 Å². The van der Waals surface area contributed by atoms with Crippen molar-refractivity contribution in [2.45, 2.75) is 169 Å². The van der Waals surface area contributed by atoms with Gasteiger partial charge < -0.3 is 30.0 Å². The number of aromatic hydroxyl groups is 2. The summed E-state index contributed by atoms with van der Waals surface area (Å²) in [4.78, 5) is 22.5. The van der Waals surface area contributed by atoms with Crippen LogP contribution in [0.4, 0.5) is 0 Å². The van der Waals surface area contributed by atoms with Crippen LogP contribution in [0.3, 0.4) is 0 Å². The van der Waals surface area contributed by atoms with Crippen LogP contribution in [-0.4, -0.2) is 71.0 Å². The van der Waals surface area contributed by atoms with E-state index in [4.69, 9.17) is 0 Å². The van der Waals surface area contributed by atoms with Crippen LogP contribution in [0, 0.1) is 13.8 Å². The van der Waals surface area contributed by atoms with E-state index in [1.807, 2.05) is 0 Å². The van der Waals surface area contributed by atoms with E-state index in [9.17, 15) is 30.0 Å². The molecule has 0 radical (unpaired) electrons. The summed E-state index contributed by atoms with van der Waals surface area (Å²) < 4.78 is 0. The zero-order valence-electron chi connectivity index (χ0n) is 30.1. The van der Waals surface area contributed by atoms with Gasteiger partial charge in [0.1, 0.15) is 11.5 Å². The molecule has 6 nitrogen and oxygen atoms in total. The number of unbranched alkanes of at least 4 members (excludes halogenated alkanes) is 18. The smallest absolute Gasteiger partial charge is 0.545 e. The molecule has 2 N–H and O–H groups in total. The Labute approximate surface area is 326 Å². The van der Waals surface area contributed by atoms with E-state index in [2.05, 4.69) is 13.8 Å². The van der Waals surface area contributed by atoms with E-state index in [1.165, 1.54) is 103 Å². The molecule has 260 valence electrons. The molecule has 47 heavy (non-hydrogen) atoms. The Morgan fingerprint density at radius 3 is 1.00 bits per heavy atom. The maximum Gasteiger partial charge on any atom is 2.00 e.